The molecule has 0 fully saturated rings. The van der Waals surface area contributed by atoms with E-state index in [1.54, 1.807) is 6.07 Å². The molecule has 1 aromatic carbocycles. The summed E-state index contributed by atoms with van der Waals surface area (Å²) in [7, 11) is 0. The molecular weight excluding hydrogens is 128 g/mol. The maximum atomic E-state index is 10.6. The molecule has 0 bridgehead atoms. The average Bonchev–Trinajstić information content (AvgIpc) is 1.95. The SMILES string of the molecule is CCc1ccc([O])c(O)c1. The number of phenols is 1. The molecule has 10 heavy (non-hydrogen) atoms. The van der Waals surface area contributed by atoms with E-state index < -0.39 is 0 Å². The van der Waals surface area contributed by atoms with Crippen LogP contribution in [0, 0.1) is 0 Å². The number of aryl methyl sites for hydroxylation is 1. The fourth-order valence-electron chi connectivity index (χ4n) is 0.783. The van der Waals surface area contributed by atoms with Gasteiger partial charge < -0.3 is 5.11 Å². The molecule has 1 aromatic rings. The highest BCUT2D eigenvalue weighted by molar-refractivity contribution is 5.40. The maximum absolute atomic E-state index is 10.6. The Morgan fingerprint density at radius 1 is 1.50 bits per heavy atom. The van der Waals surface area contributed by atoms with Crippen molar-refractivity contribution in [3.05, 3.63) is 23.8 Å². The van der Waals surface area contributed by atoms with E-state index >= 15 is 0 Å². The molecule has 0 saturated carbocycles. The van der Waals surface area contributed by atoms with Gasteiger partial charge in [-0.3, -0.25) is 5.11 Å². The molecule has 0 aliphatic heterocycles. The summed E-state index contributed by atoms with van der Waals surface area (Å²) < 4.78 is 0. The molecule has 2 heteroatoms. The van der Waals surface area contributed by atoms with E-state index in [1.807, 2.05) is 6.92 Å². The molecule has 0 amide bonds. The van der Waals surface area contributed by atoms with E-state index in [4.69, 9.17) is 5.11 Å². The first-order chi connectivity index (χ1) is 4.74. The van der Waals surface area contributed by atoms with Crippen molar-refractivity contribution in [3.8, 4) is 11.5 Å². The molecule has 0 spiro atoms. The minimum Gasteiger partial charge on any atom is -0.504 e. The Hall–Kier alpha value is -1.18. The van der Waals surface area contributed by atoms with E-state index in [1.165, 1.54) is 12.1 Å². The molecule has 0 aliphatic carbocycles. The number of benzene rings is 1. The fourth-order valence-corrected chi connectivity index (χ4v) is 0.783. The van der Waals surface area contributed by atoms with Crippen LogP contribution in [0.25, 0.3) is 0 Å². The first-order valence-electron chi connectivity index (χ1n) is 3.23. The van der Waals surface area contributed by atoms with Gasteiger partial charge in [-0.25, -0.2) is 0 Å². The van der Waals surface area contributed by atoms with Gasteiger partial charge in [0.1, 0.15) is 0 Å². The highest BCUT2D eigenvalue weighted by atomic mass is 16.3. The van der Waals surface area contributed by atoms with Crippen molar-refractivity contribution < 1.29 is 10.2 Å². The summed E-state index contributed by atoms with van der Waals surface area (Å²) in [5, 5.41) is 19.6. The fraction of sp³-hybridized carbons (Fsp3) is 0.250. The Morgan fingerprint density at radius 3 is 2.70 bits per heavy atom. The van der Waals surface area contributed by atoms with Crippen LogP contribution in [-0.2, 0) is 11.5 Å². The molecule has 0 aliphatic rings. The van der Waals surface area contributed by atoms with Gasteiger partial charge in [0.15, 0.2) is 5.75 Å². The van der Waals surface area contributed by atoms with E-state index in [-0.39, 0.29) is 11.5 Å². The second-order valence-corrected chi connectivity index (χ2v) is 2.16. The molecule has 0 atom stereocenters. The summed E-state index contributed by atoms with van der Waals surface area (Å²) in [6, 6.07) is 4.61. The predicted octanol–water partition coefficient (Wildman–Crippen LogP) is 2.10. The summed E-state index contributed by atoms with van der Waals surface area (Å²) in [4.78, 5) is 0. The van der Waals surface area contributed by atoms with Crippen LogP contribution in [0.2, 0.25) is 0 Å². The summed E-state index contributed by atoms with van der Waals surface area (Å²) in [5.41, 5.74) is 0.983. The Kier molecular flexibility index (Phi) is 1.81. The third-order valence-electron chi connectivity index (χ3n) is 1.43. The second-order valence-electron chi connectivity index (χ2n) is 2.16. The van der Waals surface area contributed by atoms with Crippen LogP contribution in [-0.4, -0.2) is 5.11 Å². The maximum Gasteiger partial charge on any atom is 0.220 e. The van der Waals surface area contributed by atoms with E-state index in [0.29, 0.717) is 0 Å². The summed E-state index contributed by atoms with van der Waals surface area (Å²) in [6.45, 7) is 1.97. The number of phenolic OH excluding ortho intramolecular Hbond substituents is 1. The van der Waals surface area contributed by atoms with E-state index in [0.717, 1.165) is 12.0 Å². The molecule has 1 radical (unpaired) electrons. The van der Waals surface area contributed by atoms with Crippen molar-refractivity contribution in [1.82, 2.24) is 0 Å². The normalized spacial score (nSPS) is 9.70. The standard InChI is InChI=1S/C8H9O2/c1-2-6-3-4-7(9)8(10)5-6/h3-5,10H,2H2,1H3. The van der Waals surface area contributed by atoms with Crippen molar-refractivity contribution in [2.45, 2.75) is 13.3 Å². The third-order valence-corrected chi connectivity index (χ3v) is 1.43. The number of aromatic hydroxyl groups is 1. The van der Waals surface area contributed by atoms with Crippen LogP contribution >= 0.6 is 0 Å². The summed E-state index contributed by atoms with van der Waals surface area (Å²) in [6.07, 6.45) is 0.841. The number of rotatable bonds is 1. The Morgan fingerprint density at radius 2 is 2.20 bits per heavy atom. The van der Waals surface area contributed by atoms with Crippen molar-refractivity contribution in [2.24, 2.45) is 0 Å². The van der Waals surface area contributed by atoms with E-state index in [9.17, 15) is 5.11 Å². The van der Waals surface area contributed by atoms with Gasteiger partial charge in [-0.2, -0.15) is 0 Å². The smallest absolute Gasteiger partial charge is 0.220 e. The highest BCUT2D eigenvalue weighted by Gasteiger charge is 1.99. The van der Waals surface area contributed by atoms with Gasteiger partial charge in [0.2, 0.25) is 5.75 Å². The monoisotopic (exact) mass is 137 g/mol. The van der Waals surface area contributed by atoms with Crippen LogP contribution in [0.1, 0.15) is 12.5 Å². The molecule has 1 rings (SSSR count). The van der Waals surface area contributed by atoms with Gasteiger partial charge in [0.05, 0.1) is 0 Å². The van der Waals surface area contributed by atoms with Crippen LogP contribution < -0.4 is 0 Å². The van der Waals surface area contributed by atoms with Crippen molar-refractivity contribution >= 4 is 0 Å². The van der Waals surface area contributed by atoms with Gasteiger partial charge in [-0.15, -0.1) is 0 Å². The lowest BCUT2D eigenvalue weighted by Gasteiger charge is -1.96. The van der Waals surface area contributed by atoms with E-state index in [2.05, 4.69) is 0 Å². The molecule has 53 valence electrons. The minimum atomic E-state index is -0.308. The Labute approximate surface area is 59.7 Å². The van der Waals surface area contributed by atoms with Crippen molar-refractivity contribution in [2.75, 3.05) is 0 Å². The topological polar surface area (TPSA) is 40.1 Å². The zero-order valence-electron chi connectivity index (χ0n) is 5.79. The highest BCUT2D eigenvalue weighted by Crippen LogP contribution is 2.25. The van der Waals surface area contributed by atoms with Crippen LogP contribution in [0.5, 0.6) is 11.5 Å². The Bertz CT molecular complexity index is 231. The Balaban J connectivity index is 3.04. The third kappa shape index (κ3) is 1.21. The first kappa shape index (κ1) is 6.93. The van der Waals surface area contributed by atoms with Crippen LogP contribution in [0.3, 0.4) is 0 Å². The van der Waals surface area contributed by atoms with Crippen LogP contribution in [0.4, 0.5) is 0 Å². The lowest BCUT2D eigenvalue weighted by molar-refractivity contribution is 0.324. The minimum absolute atomic E-state index is 0.153. The van der Waals surface area contributed by atoms with Gasteiger partial charge in [-0.1, -0.05) is 13.0 Å². The van der Waals surface area contributed by atoms with Gasteiger partial charge >= 0.3 is 0 Å². The molecular formula is C8H9O2. The zero-order chi connectivity index (χ0) is 7.56. The molecule has 2 nitrogen and oxygen atoms in total. The molecule has 0 unspecified atom stereocenters. The van der Waals surface area contributed by atoms with Gasteiger partial charge in [0.25, 0.3) is 0 Å². The quantitative estimate of drug-likeness (QED) is 0.632. The molecule has 0 saturated heterocycles. The average molecular weight is 137 g/mol. The first-order valence-corrected chi connectivity index (χ1v) is 3.23. The number of hydrogen-bond acceptors (Lipinski definition) is 1. The lowest BCUT2D eigenvalue weighted by atomic mass is 10.1. The predicted molar refractivity (Wildman–Crippen MR) is 37.6 cm³/mol. The lowest BCUT2D eigenvalue weighted by Crippen LogP contribution is -1.77. The van der Waals surface area contributed by atoms with Crippen molar-refractivity contribution in [1.29, 1.82) is 0 Å². The molecule has 1 N–H and O–H groups in total. The summed E-state index contributed by atoms with van der Waals surface area (Å²) >= 11 is 0. The molecule has 0 aromatic heterocycles. The van der Waals surface area contributed by atoms with Crippen molar-refractivity contribution in [3.63, 3.8) is 0 Å². The van der Waals surface area contributed by atoms with Crippen LogP contribution in [0.15, 0.2) is 18.2 Å². The number of hydrogen-bond donors (Lipinski definition) is 1. The largest absolute Gasteiger partial charge is 0.504 e. The summed E-state index contributed by atoms with van der Waals surface area (Å²) in [5.74, 6) is -0.462. The van der Waals surface area contributed by atoms with Gasteiger partial charge in [0, 0.05) is 0 Å². The molecule has 0 heterocycles. The second kappa shape index (κ2) is 2.60. The zero-order valence-corrected chi connectivity index (χ0v) is 5.79. The van der Waals surface area contributed by atoms with Gasteiger partial charge in [-0.05, 0) is 24.1 Å².